The van der Waals surface area contributed by atoms with Crippen LogP contribution in [0, 0.1) is 11.8 Å². The minimum absolute atomic E-state index is 0.405. The van der Waals surface area contributed by atoms with Crippen molar-refractivity contribution in [2.45, 2.75) is 82.8 Å². The maximum absolute atomic E-state index is 6.51. The Hall–Kier alpha value is 0.250. The van der Waals surface area contributed by atoms with Crippen LogP contribution in [0.2, 0.25) is 0 Å². The lowest BCUT2D eigenvalue weighted by Crippen LogP contribution is -2.28. The first kappa shape index (κ1) is 13.7. The van der Waals surface area contributed by atoms with Crippen LogP contribution in [0.3, 0.4) is 0 Å². The molecule has 1 aliphatic carbocycles. The van der Waals surface area contributed by atoms with E-state index in [0.717, 1.165) is 5.92 Å². The minimum atomic E-state index is 0.405. The molecule has 0 aromatic heterocycles. The van der Waals surface area contributed by atoms with Crippen molar-refractivity contribution in [3.05, 3.63) is 0 Å². The second kappa shape index (κ2) is 6.43. The first-order valence-corrected chi connectivity index (χ1v) is 7.92. The van der Waals surface area contributed by atoms with Gasteiger partial charge in [0.15, 0.2) is 0 Å². The predicted molar refractivity (Wildman–Crippen MR) is 73.6 cm³/mol. The Morgan fingerprint density at radius 2 is 2.00 bits per heavy atom. The van der Waals surface area contributed by atoms with Gasteiger partial charge in [-0.1, -0.05) is 19.8 Å². The number of rotatable bonds is 4. The fourth-order valence-electron chi connectivity index (χ4n) is 3.63. The second-order valence-corrected chi connectivity index (χ2v) is 6.69. The Bertz CT molecular complexity index is 231. The van der Waals surface area contributed by atoms with Crippen molar-refractivity contribution in [3.8, 4) is 0 Å². The van der Waals surface area contributed by atoms with E-state index in [1.165, 1.54) is 51.4 Å². The van der Waals surface area contributed by atoms with Crippen molar-refractivity contribution < 1.29 is 4.74 Å². The van der Waals surface area contributed by atoms with Gasteiger partial charge in [-0.15, -0.1) is 11.6 Å². The molecule has 2 rings (SSSR count). The maximum Gasteiger partial charge on any atom is 0.0582 e. The van der Waals surface area contributed by atoms with Gasteiger partial charge in [0, 0.05) is 5.38 Å². The summed E-state index contributed by atoms with van der Waals surface area (Å²) in [6, 6.07) is 0. The van der Waals surface area contributed by atoms with Crippen molar-refractivity contribution in [1.82, 2.24) is 0 Å². The molecule has 1 saturated heterocycles. The number of ether oxygens (including phenoxy) is 1. The minimum Gasteiger partial charge on any atom is -0.375 e. The molecule has 2 heteroatoms. The molecule has 0 bridgehead atoms. The van der Waals surface area contributed by atoms with Crippen molar-refractivity contribution >= 4 is 11.6 Å². The van der Waals surface area contributed by atoms with Crippen LogP contribution in [0.15, 0.2) is 0 Å². The molecular formula is C15H27ClO. The Labute approximate surface area is 111 Å². The lowest BCUT2D eigenvalue weighted by molar-refractivity contribution is 0.0343. The zero-order chi connectivity index (χ0) is 12.3. The molecule has 0 radical (unpaired) electrons. The molecular weight excluding hydrogens is 232 g/mol. The average Bonchev–Trinajstić information content (AvgIpc) is 2.69. The number of hydrogen-bond donors (Lipinski definition) is 0. The summed E-state index contributed by atoms with van der Waals surface area (Å²) >= 11 is 6.51. The van der Waals surface area contributed by atoms with Crippen LogP contribution in [0.4, 0.5) is 0 Å². The van der Waals surface area contributed by atoms with Gasteiger partial charge in [-0.25, -0.2) is 0 Å². The van der Waals surface area contributed by atoms with Gasteiger partial charge >= 0.3 is 0 Å². The van der Waals surface area contributed by atoms with Gasteiger partial charge in [0.25, 0.3) is 0 Å². The number of hydrogen-bond acceptors (Lipinski definition) is 1. The first-order chi connectivity index (χ1) is 8.19. The third-order valence-electron chi connectivity index (χ3n) is 4.58. The topological polar surface area (TPSA) is 9.23 Å². The van der Waals surface area contributed by atoms with Crippen LogP contribution >= 0.6 is 11.6 Å². The molecule has 2 aliphatic rings. The van der Waals surface area contributed by atoms with Gasteiger partial charge in [-0.05, 0) is 57.3 Å². The van der Waals surface area contributed by atoms with Gasteiger partial charge < -0.3 is 4.74 Å². The normalized spacial score (nSPS) is 42.9. The van der Waals surface area contributed by atoms with Crippen molar-refractivity contribution in [2.75, 3.05) is 0 Å². The summed E-state index contributed by atoms with van der Waals surface area (Å²) in [7, 11) is 0. The third-order valence-corrected chi connectivity index (χ3v) is 5.16. The second-order valence-electron chi connectivity index (χ2n) is 6.13. The molecule has 1 heterocycles. The largest absolute Gasteiger partial charge is 0.375 e. The molecule has 0 amide bonds. The highest BCUT2D eigenvalue weighted by Crippen LogP contribution is 2.39. The molecule has 2 fully saturated rings. The smallest absolute Gasteiger partial charge is 0.0582 e. The van der Waals surface area contributed by atoms with Gasteiger partial charge in [-0.2, -0.15) is 0 Å². The monoisotopic (exact) mass is 258 g/mol. The fraction of sp³-hybridized carbons (Fsp3) is 1.00. The highest BCUT2D eigenvalue weighted by Gasteiger charge is 2.32. The van der Waals surface area contributed by atoms with E-state index in [9.17, 15) is 0 Å². The zero-order valence-electron chi connectivity index (χ0n) is 11.3. The maximum atomic E-state index is 6.51. The summed E-state index contributed by atoms with van der Waals surface area (Å²) < 4.78 is 5.95. The first-order valence-electron chi connectivity index (χ1n) is 7.48. The van der Waals surface area contributed by atoms with Crippen LogP contribution in [-0.2, 0) is 4.74 Å². The van der Waals surface area contributed by atoms with Crippen LogP contribution in [-0.4, -0.2) is 17.6 Å². The Kier molecular flexibility index (Phi) is 5.17. The van der Waals surface area contributed by atoms with Crippen LogP contribution in [0.5, 0.6) is 0 Å². The molecule has 5 atom stereocenters. The summed E-state index contributed by atoms with van der Waals surface area (Å²) in [5, 5.41) is 0.405. The average molecular weight is 259 g/mol. The van der Waals surface area contributed by atoms with Gasteiger partial charge in [0.05, 0.1) is 12.2 Å². The van der Waals surface area contributed by atoms with E-state index in [1.54, 1.807) is 0 Å². The van der Waals surface area contributed by atoms with Gasteiger partial charge in [0.2, 0.25) is 0 Å². The van der Waals surface area contributed by atoms with E-state index in [0.29, 0.717) is 23.5 Å². The van der Waals surface area contributed by atoms with E-state index in [2.05, 4.69) is 13.8 Å². The summed E-state index contributed by atoms with van der Waals surface area (Å²) in [4.78, 5) is 0. The Balaban J connectivity index is 1.81. The molecule has 1 saturated carbocycles. The van der Waals surface area contributed by atoms with Crippen LogP contribution in [0.25, 0.3) is 0 Å². The highest BCUT2D eigenvalue weighted by atomic mass is 35.5. The molecule has 0 N–H and O–H groups in total. The molecule has 1 nitrogen and oxygen atoms in total. The molecule has 17 heavy (non-hydrogen) atoms. The van der Waals surface area contributed by atoms with E-state index < -0.39 is 0 Å². The van der Waals surface area contributed by atoms with Gasteiger partial charge in [0.1, 0.15) is 0 Å². The molecule has 100 valence electrons. The quantitative estimate of drug-likeness (QED) is 0.660. The van der Waals surface area contributed by atoms with Crippen LogP contribution < -0.4 is 0 Å². The SMILES string of the molecule is CCCC1CCC(Cl)C(CC2CCC(C)O2)C1. The molecule has 0 spiro atoms. The van der Waals surface area contributed by atoms with Crippen molar-refractivity contribution in [1.29, 1.82) is 0 Å². The van der Waals surface area contributed by atoms with Crippen molar-refractivity contribution in [2.24, 2.45) is 11.8 Å². The third kappa shape index (κ3) is 3.86. The van der Waals surface area contributed by atoms with E-state index in [4.69, 9.17) is 16.3 Å². The van der Waals surface area contributed by atoms with Gasteiger partial charge in [-0.3, -0.25) is 0 Å². The fourth-order valence-corrected chi connectivity index (χ4v) is 3.97. The molecule has 0 aromatic rings. The molecule has 0 aromatic carbocycles. The number of alkyl halides is 1. The van der Waals surface area contributed by atoms with E-state index in [1.807, 2.05) is 0 Å². The van der Waals surface area contributed by atoms with E-state index in [-0.39, 0.29) is 0 Å². The lowest BCUT2D eigenvalue weighted by atomic mass is 9.76. The standard InChI is InChI=1S/C15H27ClO/c1-3-4-12-6-8-15(16)13(9-12)10-14-7-5-11(2)17-14/h11-15H,3-10H2,1-2H3. The van der Waals surface area contributed by atoms with E-state index >= 15 is 0 Å². The summed E-state index contributed by atoms with van der Waals surface area (Å²) in [6.07, 6.45) is 11.3. The highest BCUT2D eigenvalue weighted by molar-refractivity contribution is 6.20. The van der Waals surface area contributed by atoms with Crippen molar-refractivity contribution in [3.63, 3.8) is 0 Å². The Morgan fingerprint density at radius 3 is 2.65 bits per heavy atom. The van der Waals surface area contributed by atoms with Crippen LogP contribution in [0.1, 0.15) is 65.2 Å². The lowest BCUT2D eigenvalue weighted by Gasteiger charge is -2.34. The summed E-state index contributed by atoms with van der Waals surface area (Å²) in [5.74, 6) is 1.64. The molecule has 5 unspecified atom stereocenters. The summed E-state index contributed by atoms with van der Waals surface area (Å²) in [5.41, 5.74) is 0. The zero-order valence-corrected chi connectivity index (χ0v) is 12.1. The summed E-state index contributed by atoms with van der Waals surface area (Å²) in [6.45, 7) is 4.49. The number of halogens is 1. The molecule has 1 aliphatic heterocycles. The predicted octanol–water partition coefficient (Wildman–Crippen LogP) is 4.77. The Morgan fingerprint density at radius 1 is 1.18 bits per heavy atom.